The van der Waals surface area contributed by atoms with Crippen molar-refractivity contribution in [3.8, 4) is 0 Å². The van der Waals surface area contributed by atoms with Gasteiger partial charge in [0.1, 0.15) is 18.3 Å². The molecule has 0 aliphatic heterocycles. The fraction of sp³-hybridized carbons (Fsp3) is 0.250. The first kappa shape index (κ1) is 19.8. The quantitative estimate of drug-likeness (QED) is 0.413. The molecular formula is C20H22O6. The van der Waals surface area contributed by atoms with E-state index in [0.717, 1.165) is 23.3 Å². The summed E-state index contributed by atoms with van der Waals surface area (Å²) in [5.41, 5.74) is 1.58. The van der Waals surface area contributed by atoms with E-state index in [2.05, 4.69) is 0 Å². The summed E-state index contributed by atoms with van der Waals surface area (Å²) in [5, 5.41) is 37.4. The van der Waals surface area contributed by atoms with Crippen LogP contribution in [0.2, 0.25) is 0 Å². The Bertz CT molecular complexity index is 661. The molecule has 6 heteroatoms. The molecule has 4 N–H and O–H groups in total. The number of hydrogen-bond acceptors (Lipinski definition) is 6. The van der Waals surface area contributed by atoms with Crippen molar-refractivity contribution in [1.29, 1.82) is 0 Å². The van der Waals surface area contributed by atoms with Crippen LogP contribution in [0.25, 0.3) is 0 Å². The molecule has 0 radical (unpaired) electrons. The van der Waals surface area contributed by atoms with Crippen molar-refractivity contribution in [3.63, 3.8) is 0 Å². The van der Waals surface area contributed by atoms with Crippen molar-refractivity contribution in [3.05, 3.63) is 83.9 Å². The maximum Gasteiger partial charge on any atom is 0.331 e. The summed E-state index contributed by atoms with van der Waals surface area (Å²) < 4.78 is 5.51. The molecule has 2 aromatic carbocycles. The second-order valence-corrected chi connectivity index (χ2v) is 5.73. The van der Waals surface area contributed by atoms with Gasteiger partial charge in [0.05, 0.1) is 6.61 Å². The number of benzene rings is 2. The minimum atomic E-state index is -1.61. The summed E-state index contributed by atoms with van der Waals surface area (Å²) in [6.45, 7) is -0.708. The van der Waals surface area contributed by atoms with Crippen molar-refractivity contribution >= 4 is 5.97 Å². The van der Waals surface area contributed by atoms with Gasteiger partial charge < -0.3 is 25.2 Å². The molecule has 0 aromatic heterocycles. The van der Waals surface area contributed by atoms with E-state index in [1.807, 2.05) is 60.7 Å². The van der Waals surface area contributed by atoms with E-state index in [1.54, 1.807) is 0 Å². The lowest BCUT2D eigenvalue weighted by molar-refractivity contribution is -0.141. The Morgan fingerprint density at radius 3 is 1.88 bits per heavy atom. The van der Waals surface area contributed by atoms with Gasteiger partial charge in [0, 0.05) is 6.08 Å². The third-order valence-electron chi connectivity index (χ3n) is 3.80. The Morgan fingerprint density at radius 2 is 1.42 bits per heavy atom. The number of esters is 1. The van der Waals surface area contributed by atoms with Crippen LogP contribution in [0.5, 0.6) is 0 Å². The molecule has 0 aliphatic rings. The zero-order valence-corrected chi connectivity index (χ0v) is 14.1. The molecule has 138 valence electrons. The van der Waals surface area contributed by atoms with Gasteiger partial charge in [-0.2, -0.15) is 0 Å². The molecule has 0 spiro atoms. The lowest BCUT2D eigenvalue weighted by atomic mass is 10.0. The van der Waals surface area contributed by atoms with Crippen molar-refractivity contribution in [2.45, 2.75) is 24.4 Å². The van der Waals surface area contributed by atoms with Crippen molar-refractivity contribution in [1.82, 2.24) is 0 Å². The number of hydrogen-bond donors (Lipinski definition) is 4. The highest BCUT2D eigenvalue weighted by Crippen LogP contribution is 2.26. The van der Waals surface area contributed by atoms with Gasteiger partial charge in [0.2, 0.25) is 0 Å². The molecule has 0 bridgehead atoms. The van der Waals surface area contributed by atoms with Crippen molar-refractivity contribution in [2.75, 3.05) is 6.61 Å². The molecule has 0 saturated heterocycles. The normalized spacial score (nSPS) is 15.0. The second-order valence-electron chi connectivity index (χ2n) is 5.73. The van der Waals surface area contributed by atoms with Gasteiger partial charge in [-0.25, -0.2) is 4.79 Å². The molecule has 0 amide bonds. The summed E-state index contributed by atoms with van der Waals surface area (Å²) in [6, 6.07) is 18.4. The highest BCUT2D eigenvalue weighted by atomic mass is 16.5. The minimum absolute atomic E-state index is 0.625. The van der Waals surface area contributed by atoms with Crippen molar-refractivity contribution < 1.29 is 30.0 Å². The number of ether oxygens (including phenoxy) is 1. The molecule has 3 atom stereocenters. The van der Waals surface area contributed by atoms with Crippen LogP contribution in [0.4, 0.5) is 0 Å². The second kappa shape index (κ2) is 9.84. The first-order valence-corrected chi connectivity index (χ1v) is 8.16. The van der Waals surface area contributed by atoms with Gasteiger partial charge in [-0.1, -0.05) is 60.7 Å². The zero-order chi connectivity index (χ0) is 18.9. The van der Waals surface area contributed by atoms with Crippen LogP contribution in [-0.4, -0.2) is 51.3 Å². The van der Waals surface area contributed by atoms with Crippen molar-refractivity contribution in [2.24, 2.45) is 0 Å². The van der Waals surface area contributed by atoms with Crippen LogP contribution in [-0.2, 0) is 9.53 Å². The Morgan fingerprint density at radius 1 is 0.923 bits per heavy atom. The Hall–Kier alpha value is -2.51. The topological polar surface area (TPSA) is 107 Å². The SMILES string of the molecule is O=C(/C=C/[C@H](O)[C@H](O)[C@H](O)CO)OC(c1ccccc1)c1ccccc1. The maximum absolute atomic E-state index is 12.2. The molecule has 0 aliphatic carbocycles. The Labute approximate surface area is 151 Å². The lowest BCUT2D eigenvalue weighted by Gasteiger charge is -2.19. The summed E-state index contributed by atoms with van der Waals surface area (Å²) in [4.78, 5) is 12.2. The number of rotatable bonds is 8. The van der Waals surface area contributed by atoms with Gasteiger partial charge in [-0.15, -0.1) is 0 Å². The molecule has 0 heterocycles. The molecule has 2 aromatic rings. The van der Waals surface area contributed by atoms with Crippen LogP contribution in [0, 0.1) is 0 Å². The predicted molar refractivity (Wildman–Crippen MR) is 95.1 cm³/mol. The Kier molecular flexibility index (Phi) is 7.50. The van der Waals surface area contributed by atoms with Crippen LogP contribution in [0.1, 0.15) is 17.2 Å². The van der Waals surface area contributed by atoms with E-state index in [4.69, 9.17) is 9.84 Å². The third kappa shape index (κ3) is 5.50. The van der Waals surface area contributed by atoms with Gasteiger partial charge in [-0.05, 0) is 17.2 Å². The number of aliphatic hydroxyl groups is 4. The number of carbonyl (C=O) groups excluding carboxylic acids is 1. The largest absolute Gasteiger partial charge is 0.449 e. The average Bonchev–Trinajstić information content (AvgIpc) is 2.70. The highest BCUT2D eigenvalue weighted by Gasteiger charge is 2.23. The van der Waals surface area contributed by atoms with E-state index in [9.17, 15) is 20.1 Å². The van der Waals surface area contributed by atoms with E-state index >= 15 is 0 Å². The summed E-state index contributed by atoms with van der Waals surface area (Å²) in [7, 11) is 0. The zero-order valence-electron chi connectivity index (χ0n) is 14.1. The summed E-state index contributed by atoms with van der Waals surface area (Å²) >= 11 is 0. The fourth-order valence-electron chi connectivity index (χ4n) is 2.37. The van der Waals surface area contributed by atoms with Gasteiger partial charge in [0.15, 0.2) is 6.10 Å². The molecule has 0 fully saturated rings. The van der Waals surface area contributed by atoms with Crippen LogP contribution in [0.15, 0.2) is 72.8 Å². The highest BCUT2D eigenvalue weighted by molar-refractivity contribution is 5.82. The average molecular weight is 358 g/mol. The monoisotopic (exact) mass is 358 g/mol. The van der Waals surface area contributed by atoms with Crippen LogP contribution in [0.3, 0.4) is 0 Å². The number of carbonyl (C=O) groups is 1. The Balaban J connectivity index is 2.11. The number of aliphatic hydroxyl groups excluding tert-OH is 4. The third-order valence-corrected chi connectivity index (χ3v) is 3.80. The first-order chi connectivity index (χ1) is 12.5. The first-order valence-electron chi connectivity index (χ1n) is 8.16. The summed E-state index contributed by atoms with van der Waals surface area (Å²) in [6.07, 6.45) is -3.26. The fourth-order valence-corrected chi connectivity index (χ4v) is 2.37. The molecule has 0 saturated carbocycles. The van der Waals surface area contributed by atoms with Gasteiger partial charge in [0.25, 0.3) is 0 Å². The molecule has 6 nitrogen and oxygen atoms in total. The van der Waals surface area contributed by atoms with E-state index in [-0.39, 0.29) is 0 Å². The van der Waals surface area contributed by atoms with Gasteiger partial charge >= 0.3 is 5.97 Å². The van der Waals surface area contributed by atoms with E-state index < -0.39 is 37.0 Å². The maximum atomic E-state index is 12.2. The predicted octanol–water partition coefficient (Wildman–Crippen LogP) is 0.950. The standard InChI is InChI=1S/C20H22O6/c21-13-17(23)19(25)16(22)11-12-18(24)26-20(14-7-3-1-4-8-14)15-9-5-2-6-10-15/h1-12,16-17,19-23,25H,13H2/b12-11+/t16-,17+,19-/m0/s1. The molecule has 2 rings (SSSR count). The molecular weight excluding hydrogens is 336 g/mol. The van der Waals surface area contributed by atoms with Crippen LogP contribution >= 0.6 is 0 Å². The van der Waals surface area contributed by atoms with Crippen LogP contribution < -0.4 is 0 Å². The molecule has 26 heavy (non-hydrogen) atoms. The van der Waals surface area contributed by atoms with Gasteiger partial charge in [-0.3, -0.25) is 0 Å². The van der Waals surface area contributed by atoms with E-state index in [0.29, 0.717) is 0 Å². The smallest absolute Gasteiger partial charge is 0.331 e. The minimum Gasteiger partial charge on any atom is -0.449 e. The summed E-state index contributed by atoms with van der Waals surface area (Å²) in [5.74, 6) is -0.715. The van der Waals surface area contributed by atoms with E-state index in [1.165, 1.54) is 0 Å². The lowest BCUT2D eigenvalue weighted by Crippen LogP contribution is -2.38. The molecule has 0 unspecified atom stereocenters.